The zero-order valence-electron chi connectivity index (χ0n) is 7.60. The van der Waals surface area contributed by atoms with Crippen LogP contribution >= 0.6 is 0 Å². The summed E-state index contributed by atoms with van der Waals surface area (Å²) < 4.78 is 0. The van der Waals surface area contributed by atoms with Gasteiger partial charge in [-0.2, -0.15) is 0 Å². The standard InChI is InChI=1S/C9H11N3O2/c1-2-3-6-10-8-5-4-7(9(13)14)11-12-8/h2,4-5H,1,3,6H2,(H,10,12)(H,13,14). The highest BCUT2D eigenvalue weighted by Crippen LogP contribution is 2.01. The number of hydrogen-bond donors (Lipinski definition) is 2. The highest BCUT2D eigenvalue weighted by atomic mass is 16.4. The van der Waals surface area contributed by atoms with Crippen LogP contribution in [0.25, 0.3) is 0 Å². The third kappa shape index (κ3) is 2.85. The topological polar surface area (TPSA) is 75.1 Å². The maximum Gasteiger partial charge on any atom is 0.356 e. The number of aromatic nitrogens is 2. The van der Waals surface area contributed by atoms with E-state index in [1.54, 1.807) is 12.1 Å². The molecular weight excluding hydrogens is 182 g/mol. The van der Waals surface area contributed by atoms with Gasteiger partial charge < -0.3 is 10.4 Å². The van der Waals surface area contributed by atoms with Crippen LogP contribution in [0.1, 0.15) is 16.9 Å². The number of anilines is 1. The van der Waals surface area contributed by atoms with Crippen molar-refractivity contribution >= 4 is 11.8 Å². The van der Waals surface area contributed by atoms with Crippen LogP contribution in [-0.4, -0.2) is 27.8 Å². The molecule has 0 aliphatic carbocycles. The summed E-state index contributed by atoms with van der Waals surface area (Å²) in [7, 11) is 0. The van der Waals surface area contributed by atoms with Crippen molar-refractivity contribution in [2.75, 3.05) is 11.9 Å². The molecule has 1 rings (SSSR count). The van der Waals surface area contributed by atoms with Crippen molar-refractivity contribution in [1.82, 2.24) is 10.2 Å². The summed E-state index contributed by atoms with van der Waals surface area (Å²) in [5.74, 6) is -0.507. The van der Waals surface area contributed by atoms with Gasteiger partial charge in [-0.3, -0.25) is 0 Å². The monoisotopic (exact) mass is 193 g/mol. The number of aromatic carboxylic acids is 1. The Balaban J connectivity index is 2.55. The van der Waals surface area contributed by atoms with Crippen LogP contribution in [-0.2, 0) is 0 Å². The SMILES string of the molecule is C=CCCNc1ccc(C(=O)O)nn1. The molecule has 0 fully saturated rings. The summed E-state index contributed by atoms with van der Waals surface area (Å²) in [6.45, 7) is 4.29. The minimum atomic E-state index is -1.07. The van der Waals surface area contributed by atoms with E-state index in [1.165, 1.54) is 6.07 Å². The molecule has 0 bridgehead atoms. The average molecular weight is 193 g/mol. The first-order valence-corrected chi connectivity index (χ1v) is 4.16. The Labute approximate surface area is 81.5 Å². The summed E-state index contributed by atoms with van der Waals surface area (Å²) in [6.07, 6.45) is 2.61. The van der Waals surface area contributed by atoms with Crippen molar-refractivity contribution in [2.45, 2.75) is 6.42 Å². The van der Waals surface area contributed by atoms with Crippen molar-refractivity contribution < 1.29 is 9.90 Å². The van der Waals surface area contributed by atoms with Crippen LogP contribution in [0, 0.1) is 0 Å². The second-order valence-electron chi connectivity index (χ2n) is 2.61. The van der Waals surface area contributed by atoms with E-state index in [2.05, 4.69) is 22.1 Å². The fraction of sp³-hybridized carbons (Fsp3) is 0.222. The van der Waals surface area contributed by atoms with Crippen molar-refractivity contribution in [2.24, 2.45) is 0 Å². The quantitative estimate of drug-likeness (QED) is 0.542. The number of rotatable bonds is 5. The van der Waals surface area contributed by atoms with Gasteiger partial charge >= 0.3 is 5.97 Å². The molecule has 0 spiro atoms. The predicted octanol–water partition coefficient (Wildman–Crippen LogP) is 1.16. The minimum absolute atomic E-state index is 0.0562. The van der Waals surface area contributed by atoms with E-state index in [4.69, 9.17) is 5.11 Å². The zero-order chi connectivity index (χ0) is 10.4. The van der Waals surface area contributed by atoms with Crippen LogP contribution in [0.2, 0.25) is 0 Å². The Morgan fingerprint density at radius 2 is 2.36 bits per heavy atom. The highest BCUT2D eigenvalue weighted by molar-refractivity contribution is 5.85. The molecule has 0 aromatic carbocycles. The summed E-state index contributed by atoms with van der Waals surface area (Å²) in [5, 5.41) is 18.7. The molecule has 0 amide bonds. The normalized spacial score (nSPS) is 9.43. The number of carboxylic acids is 1. The van der Waals surface area contributed by atoms with E-state index in [1.807, 2.05) is 0 Å². The molecule has 74 valence electrons. The molecule has 5 nitrogen and oxygen atoms in total. The molecule has 1 aromatic heterocycles. The number of hydrogen-bond acceptors (Lipinski definition) is 4. The van der Waals surface area contributed by atoms with Crippen LogP contribution in [0.15, 0.2) is 24.8 Å². The smallest absolute Gasteiger partial charge is 0.356 e. The molecule has 0 saturated heterocycles. The molecule has 0 saturated carbocycles. The molecule has 1 heterocycles. The molecule has 0 aliphatic heterocycles. The Kier molecular flexibility index (Phi) is 3.60. The molecule has 0 radical (unpaired) electrons. The summed E-state index contributed by atoms with van der Waals surface area (Å²) >= 11 is 0. The number of carbonyl (C=O) groups is 1. The molecule has 0 unspecified atom stereocenters. The Morgan fingerprint density at radius 1 is 1.57 bits per heavy atom. The number of carboxylic acid groups (broad SMARTS) is 1. The zero-order valence-corrected chi connectivity index (χ0v) is 7.60. The second kappa shape index (κ2) is 4.96. The van der Waals surface area contributed by atoms with Crippen molar-refractivity contribution in [3.05, 3.63) is 30.5 Å². The van der Waals surface area contributed by atoms with Crippen LogP contribution in [0.3, 0.4) is 0 Å². The van der Waals surface area contributed by atoms with E-state index in [9.17, 15) is 4.79 Å². The van der Waals surface area contributed by atoms with E-state index in [0.29, 0.717) is 12.4 Å². The Bertz CT molecular complexity index is 321. The fourth-order valence-corrected chi connectivity index (χ4v) is 0.843. The summed E-state index contributed by atoms with van der Waals surface area (Å²) in [4.78, 5) is 10.4. The molecule has 2 N–H and O–H groups in total. The molecule has 0 aliphatic rings. The average Bonchev–Trinajstić information content (AvgIpc) is 2.19. The van der Waals surface area contributed by atoms with Gasteiger partial charge in [-0.25, -0.2) is 4.79 Å². The van der Waals surface area contributed by atoms with Crippen LogP contribution in [0.5, 0.6) is 0 Å². The van der Waals surface area contributed by atoms with E-state index in [-0.39, 0.29) is 5.69 Å². The first-order chi connectivity index (χ1) is 6.74. The van der Waals surface area contributed by atoms with Gasteiger partial charge in [-0.15, -0.1) is 16.8 Å². The summed E-state index contributed by atoms with van der Waals surface area (Å²) in [6, 6.07) is 2.99. The minimum Gasteiger partial charge on any atom is -0.476 e. The van der Waals surface area contributed by atoms with Gasteiger partial charge in [0.1, 0.15) is 5.82 Å². The Morgan fingerprint density at radius 3 is 2.86 bits per heavy atom. The van der Waals surface area contributed by atoms with Crippen molar-refractivity contribution in [3.63, 3.8) is 0 Å². The van der Waals surface area contributed by atoms with Gasteiger partial charge in [0, 0.05) is 6.54 Å². The third-order valence-electron chi connectivity index (χ3n) is 1.54. The van der Waals surface area contributed by atoms with Crippen LogP contribution in [0.4, 0.5) is 5.82 Å². The number of nitrogens with zero attached hydrogens (tertiary/aromatic N) is 2. The molecular formula is C9H11N3O2. The third-order valence-corrected chi connectivity index (χ3v) is 1.54. The largest absolute Gasteiger partial charge is 0.476 e. The van der Waals surface area contributed by atoms with Gasteiger partial charge in [0.05, 0.1) is 0 Å². The maximum absolute atomic E-state index is 10.4. The molecule has 0 atom stereocenters. The van der Waals surface area contributed by atoms with Crippen molar-refractivity contribution in [3.8, 4) is 0 Å². The van der Waals surface area contributed by atoms with Gasteiger partial charge in [0.25, 0.3) is 0 Å². The van der Waals surface area contributed by atoms with E-state index >= 15 is 0 Å². The lowest BCUT2D eigenvalue weighted by Gasteiger charge is -2.01. The van der Waals surface area contributed by atoms with Gasteiger partial charge in [-0.1, -0.05) is 6.08 Å². The van der Waals surface area contributed by atoms with Gasteiger partial charge in [-0.05, 0) is 18.6 Å². The predicted molar refractivity (Wildman–Crippen MR) is 52.3 cm³/mol. The lowest BCUT2D eigenvalue weighted by Crippen LogP contribution is -2.06. The fourth-order valence-electron chi connectivity index (χ4n) is 0.843. The number of nitrogens with one attached hydrogen (secondary N) is 1. The van der Waals surface area contributed by atoms with E-state index in [0.717, 1.165) is 6.42 Å². The van der Waals surface area contributed by atoms with E-state index < -0.39 is 5.97 Å². The van der Waals surface area contributed by atoms with Gasteiger partial charge in [0.15, 0.2) is 5.69 Å². The lowest BCUT2D eigenvalue weighted by molar-refractivity contribution is 0.0689. The van der Waals surface area contributed by atoms with Gasteiger partial charge in [0.2, 0.25) is 0 Å². The first-order valence-electron chi connectivity index (χ1n) is 4.16. The molecule has 5 heteroatoms. The maximum atomic E-state index is 10.4. The second-order valence-corrected chi connectivity index (χ2v) is 2.61. The van der Waals surface area contributed by atoms with Crippen LogP contribution < -0.4 is 5.32 Å². The Hall–Kier alpha value is -1.91. The molecule has 1 aromatic rings. The molecule has 14 heavy (non-hydrogen) atoms. The lowest BCUT2D eigenvalue weighted by atomic mass is 10.4. The summed E-state index contributed by atoms with van der Waals surface area (Å²) in [5.41, 5.74) is -0.0562. The first kappa shape index (κ1) is 10.2. The van der Waals surface area contributed by atoms with Crippen molar-refractivity contribution in [1.29, 1.82) is 0 Å². The highest BCUT2D eigenvalue weighted by Gasteiger charge is 2.03.